The summed E-state index contributed by atoms with van der Waals surface area (Å²) in [7, 11) is 0. The molecule has 0 N–H and O–H groups in total. The van der Waals surface area contributed by atoms with Crippen molar-refractivity contribution in [3.05, 3.63) is 55.0 Å². The van der Waals surface area contributed by atoms with Gasteiger partial charge in [0.05, 0.1) is 0 Å². The molecule has 0 saturated carbocycles. The van der Waals surface area contributed by atoms with Crippen LogP contribution in [0.5, 0.6) is 0 Å². The van der Waals surface area contributed by atoms with Gasteiger partial charge in [-0.3, -0.25) is 0 Å². The third kappa shape index (κ3) is 4.73. The molecule has 0 aliphatic heterocycles. The lowest BCUT2D eigenvalue weighted by Crippen LogP contribution is -1.73. The van der Waals surface area contributed by atoms with Crippen LogP contribution in [0.2, 0.25) is 0 Å². The summed E-state index contributed by atoms with van der Waals surface area (Å²) in [5, 5.41) is 0. The Morgan fingerprint density at radius 1 is 0.583 bits per heavy atom. The van der Waals surface area contributed by atoms with E-state index in [-0.39, 0.29) is 0 Å². The molecule has 0 aromatic carbocycles. The number of rotatable bonds is 0. The van der Waals surface area contributed by atoms with Gasteiger partial charge in [-0.1, -0.05) is 48.6 Å². The lowest BCUT2D eigenvalue weighted by atomic mass is 10.1. The quantitative estimate of drug-likeness (QED) is 0.506. The third-order valence-electron chi connectivity index (χ3n) is 1.67. The van der Waals surface area contributed by atoms with Crippen LogP contribution in [0.1, 0.15) is 19.3 Å². The maximum Gasteiger partial charge on any atom is -0.0316 e. The molecule has 1 aliphatic rings. The fourth-order valence-corrected chi connectivity index (χ4v) is 1.02. The second-order valence-electron chi connectivity index (χ2n) is 2.73. The molecule has 0 aromatic heterocycles. The maximum absolute atomic E-state index is 2.31. The zero-order chi connectivity index (χ0) is 8.49. The highest BCUT2D eigenvalue weighted by Crippen LogP contribution is 2.01. The van der Waals surface area contributed by atoms with E-state index in [9.17, 15) is 0 Å². The first-order valence-electron chi connectivity index (χ1n) is 4.47. The van der Waals surface area contributed by atoms with Crippen molar-refractivity contribution in [2.45, 2.75) is 19.3 Å². The lowest BCUT2D eigenvalue weighted by molar-refractivity contribution is 0.934. The van der Waals surface area contributed by atoms with Crippen LogP contribution in [0.15, 0.2) is 48.6 Å². The zero-order valence-corrected chi connectivity index (χ0v) is 7.32. The number of hydrogen-bond donors (Lipinski definition) is 0. The SMILES string of the molecule is [CH]1CC=CC=CC=CC=CCC1. The summed E-state index contributed by atoms with van der Waals surface area (Å²) in [5.74, 6) is 0. The summed E-state index contributed by atoms with van der Waals surface area (Å²) in [6.45, 7) is 0. The van der Waals surface area contributed by atoms with E-state index in [1.165, 1.54) is 6.42 Å². The standard InChI is InChI=1S/C12H15/c1-2-4-6-8-10-12-11-9-7-5-3-1/h1-8,11H,9-10,12H2. The Bertz CT molecular complexity index is 180. The van der Waals surface area contributed by atoms with Crippen LogP contribution in [-0.2, 0) is 0 Å². The molecule has 1 rings (SSSR count). The van der Waals surface area contributed by atoms with Gasteiger partial charge in [-0.25, -0.2) is 0 Å². The molecule has 12 heavy (non-hydrogen) atoms. The first kappa shape index (κ1) is 9.05. The van der Waals surface area contributed by atoms with Gasteiger partial charge in [-0.2, -0.15) is 0 Å². The van der Waals surface area contributed by atoms with Crippen LogP contribution in [0.3, 0.4) is 0 Å². The van der Waals surface area contributed by atoms with Crippen molar-refractivity contribution in [1.29, 1.82) is 0 Å². The van der Waals surface area contributed by atoms with E-state index in [2.05, 4.69) is 42.9 Å². The fourth-order valence-electron chi connectivity index (χ4n) is 1.02. The number of hydrogen-bond acceptors (Lipinski definition) is 0. The van der Waals surface area contributed by atoms with E-state index in [0.29, 0.717) is 0 Å². The predicted octanol–water partition coefficient (Wildman–Crippen LogP) is 3.60. The molecule has 0 bridgehead atoms. The second-order valence-corrected chi connectivity index (χ2v) is 2.73. The Morgan fingerprint density at radius 3 is 2.08 bits per heavy atom. The van der Waals surface area contributed by atoms with Crippen molar-refractivity contribution in [1.82, 2.24) is 0 Å². The topological polar surface area (TPSA) is 0 Å². The molecule has 0 heterocycles. The average molecular weight is 159 g/mol. The van der Waals surface area contributed by atoms with Crippen molar-refractivity contribution in [3.63, 3.8) is 0 Å². The normalized spacial score (nSPS) is 18.7. The molecule has 0 amide bonds. The minimum Gasteiger partial charge on any atom is -0.0845 e. The van der Waals surface area contributed by atoms with Gasteiger partial charge in [0, 0.05) is 0 Å². The highest BCUT2D eigenvalue weighted by Gasteiger charge is 1.82. The van der Waals surface area contributed by atoms with E-state index in [0.717, 1.165) is 12.8 Å². The van der Waals surface area contributed by atoms with Gasteiger partial charge in [-0.05, 0) is 25.7 Å². The van der Waals surface area contributed by atoms with Crippen LogP contribution in [-0.4, -0.2) is 0 Å². The third-order valence-corrected chi connectivity index (χ3v) is 1.67. The molecule has 63 valence electrons. The molecule has 0 nitrogen and oxygen atoms in total. The van der Waals surface area contributed by atoms with Gasteiger partial charge < -0.3 is 0 Å². The van der Waals surface area contributed by atoms with Gasteiger partial charge >= 0.3 is 0 Å². The van der Waals surface area contributed by atoms with Crippen molar-refractivity contribution in [3.8, 4) is 0 Å². The van der Waals surface area contributed by atoms with E-state index in [1.54, 1.807) is 0 Å². The Labute approximate surface area is 75.0 Å². The van der Waals surface area contributed by atoms with Crippen LogP contribution in [0.4, 0.5) is 0 Å². The monoisotopic (exact) mass is 159 g/mol. The predicted molar refractivity (Wildman–Crippen MR) is 54.7 cm³/mol. The fraction of sp³-hybridized carbons (Fsp3) is 0.250. The summed E-state index contributed by atoms with van der Waals surface area (Å²) < 4.78 is 0. The van der Waals surface area contributed by atoms with Crippen molar-refractivity contribution < 1.29 is 0 Å². The van der Waals surface area contributed by atoms with Crippen LogP contribution < -0.4 is 0 Å². The van der Waals surface area contributed by atoms with Gasteiger partial charge in [0.1, 0.15) is 0 Å². The average Bonchev–Trinajstić information content (AvgIpc) is 2.05. The molecule has 0 spiro atoms. The largest absolute Gasteiger partial charge is 0.0845 e. The van der Waals surface area contributed by atoms with Crippen LogP contribution in [0, 0.1) is 6.42 Å². The lowest BCUT2D eigenvalue weighted by Gasteiger charge is -1.91. The van der Waals surface area contributed by atoms with Crippen molar-refractivity contribution in [2.24, 2.45) is 0 Å². The summed E-state index contributed by atoms with van der Waals surface area (Å²) in [6.07, 6.45) is 22.5. The Balaban J connectivity index is 2.43. The van der Waals surface area contributed by atoms with Gasteiger partial charge in [0.15, 0.2) is 0 Å². The minimum atomic E-state index is 1.09. The van der Waals surface area contributed by atoms with E-state index >= 15 is 0 Å². The molecular formula is C12H15. The smallest absolute Gasteiger partial charge is 0.0316 e. The number of allylic oxidation sites excluding steroid dienone is 8. The molecule has 0 saturated heterocycles. The second kappa shape index (κ2) is 6.66. The molecule has 0 atom stereocenters. The maximum atomic E-state index is 2.31. The molecule has 0 unspecified atom stereocenters. The molecule has 0 aromatic rings. The zero-order valence-electron chi connectivity index (χ0n) is 7.32. The highest BCUT2D eigenvalue weighted by molar-refractivity contribution is 5.16. The summed E-state index contributed by atoms with van der Waals surface area (Å²) in [4.78, 5) is 0. The van der Waals surface area contributed by atoms with Crippen molar-refractivity contribution in [2.75, 3.05) is 0 Å². The molecule has 0 heteroatoms. The molecule has 1 radical (unpaired) electrons. The van der Waals surface area contributed by atoms with Gasteiger partial charge in [-0.15, -0.1) is 0 Å². The Hall–Kier alpha value is -1.04. The van der Waals surface area contributed by atoms with Gasteiger partial charge in [0.25, 0.3) is 0 Å². The summed E-state index contributed by atoms with van der Waals surface area (Å²) in [6, 6.07) is 0. The first-order valence-corrected chi connectivity index (χ1v) is 4.47. The molecule has 1 aliphatic carbocycles. The van der Waals surface area contributed by atoms with Gasteiger partial charge in [0.2, 0.25) is 0 Å². The summed E-state index contributed by atoms with van der Waals surface area (Å²) in [5.41, 5.74) is 0. The molecule has 0 fully saturated rings. The van der Waals surface area contributed by atoms with Crippen LogP contribution >= 0.6 is 0 Å². The Morgan fingerprint density at radius 2 is 1.25 bits per heavy atom. The highest BCUT2D eigenvalue weighted by atomic mass is 13.9. The van der Waals surface area contributed by atoms with E-state index in [1.807, 2.05) is 12.2 Å². The minimum absolute atomic E-state index is 1.09. The summed E-state index contributed by atoms with van der Waals surface area (Å²) >= 11 is 0. The molecular weight excluding hydrogens is 144 g/mol. The van der Waals surface area contributed by atoms with Crippen LogP contribution in [0.25, 0.3) is 0 Å². The van der Waals surface area contributed by atoms with E-state index < -0.39 is 0 Å². The first-order chi connectivity index (χ1) is 6.00. The Kier molecular flexibility index (Phi) is 5.02. The van der Waals surface area contributed by atoms with Crippen molar-refractivity contribution >= 4 is 0 Å². The van der Waals surface area contributed by atoms with E-state index in [4.69, 9.17) is 0 Å².